The highest BCUT2D eigenvalue weighted by Gasteiger charge is 2.42. The van der Waals surface area contributed by atoms with Crippen molar-refractivity contribution in [2.45, 2.75) is 78.6 Å². The summed E-state index contributed by atoms with van der Waals surface area (Å²) >= 11 is 0. The summed E-state index contributed by atoms with van der Waals surface area (Å²) in [5, 5.41) is 11.6. The van der Waals surface area contributed by atoms with Crippen LogP contribution in [0.2, 0.25) is 0 Å². The maximum Gasteiger partial charge on any atom is 0.179 e. The Morgan fingerprint density at radius 2 is 0.820 bits per heavy atom. The van der Waals surface area contributed by atoms with Crippen LogP contribution in [0.5, 0.6) is 0 Å². The zero-order chi connectivity index (χ0) is 42.7. The van der Waals surface area contributed by atoms with Gasteiger partial charge in [-0.3, -0.25) is 0 Å². The molecule has 0 saturated heterocycles. The molecule has 8 aromatic carbocycles. The highest BCUT2D eigenvalue weighted by molar-refractivity contribution is 7.19. The minimum absolute atomic E-state index is 0.0491. The fourth-order valence-electron chi connectivity index (χ4n) is 9.36. The van der Waals surface area contributed by atoms with E-state index in [2.05, 4.69) is 244 Å². The molecule has 2 heteroatoms. The maximum atomic E-state index is 5.47. The highest BCUT2D eigenvalue weighted by Crippen LogP contribution is 2.38. The van der Waals surface area contributed by atoms with E-state index >= 15 is 0 Å². The van der Waals surface area contributed by atoms with Crippen LogP contribution in [0.4, 0.5) is 0 Å². The van der Waals surface area contributed by atoms with E-state index in [0.29, 0.717) is 0 Å². The van der Waals surface area contributed by atoms with Crippen molar-refractivity contribution < 1.29 is 0 Å². The van der Waals surface area contributed by atoms with Crippen molar-refractivity contribution in [3.63, 3.8) is 0 Å². The molecule has 9 aromatic rings. The number of fused-ring (bicyclic) bond motifs is 5. The second-order valence-electron chi connectivity index (χ2n) is 20.1. The normalized spacial score (nSPS) is 12.7. The number of nitrogens with zero attached hydrogens (tertiary/aromatic N) is 1. The van der Waals surface area contributed by atoms with Gasteiger partial charge >= 0.3 is 0 Å². The predicted molar refractivity (Wildman–Crippen MR) is 267 cm³/mol. The van der Waals surface area contributed by atoms with Gasteiger partial charge in [-0.25, -0.2) is 4.98 Å². The highest BCUT2D eigenvalue weighted by atomic mass is 28.3. The lowest BCUT2D eigenvalue weighted by molar-refractivity contribution is 0.590. The van der Waals surface area contributed by atoms with E-state index < -0.39 is 8.07 Å². The molecule has 0 saturated carbocycles. The molecule has 9 rings (SSSR count). The van der Waals surface area contributed by atoms with Gasteiger partial charge in [-0.15, -0.1) is 0 Å². The van der Waals surface area contributed by atoms with E-state index in [4.69, 9.17) is 4.98 Å². The molecule has 0 bridgehead atoms. The fraction of sp³-hybridized carbons (Fsp3) is 0.203. The standard InChI is InChI=1S/C59H57NSi/c1-57(2,3)44-24-30-47(31-25-44)61(48-32-26-45(27-33-48)58(4,5)6,49-34-28-46(29-35-49)59(7,8)9)50-20-15-19-42(38-50)43-23-36-52-54(39-43)60-56(41-17-11-10-12-18-41)53-37-22-40-16-13-14-21-51(40)55(52)53/h10-39H,1-9H3. The van der Waals surface area contributed by atoms with Crippen molar-refractivity contribution in [1.82, 2.24) is 4.98 Å². The molecule has 1 heterocycles. The van der Waals surface area contributed by atoms with Crippen LogP contribution in [-0.2, 0) is 16.2 Å². The van der Waals surface area contributed by atoms with E-state index in [0.717, 1.165) is 22.3 Å². The van der Waals surface area contributed by atoms with Crippen LogP contribution in [-0.4, -0.2) is 13.1 Å². The SMILES string of the molecule is CC(C)(C)c1ccc([Si](c2ccc(C(C)(C)C)cc2)(c2ccc(C(C)(C)C)cc2)c2cccc(-c3ccc4c(c3)nc(-c3ccccc3)c3ccc5ccccc5c34)c2)cc1. The van der Waals surface area contributed by atoms with E-state index in [-0.39, 0.29) is 16.2 Å². The van der Waals surface area contributed by atoms with Gasteiger partial charge in [-0.05, 0) is 81.6 Å². The zero-order valence-electron chi connectivity index (χ0n) is 37.3. The molecule has 0 aliphatic carbocycles. The van der Waals surface area contributed by atoms with Crippen molar-refractivity contribution in [2.24, 2.45) is 0 Å². The molecule has 0 radical (unpaired) electrons. The van der Waals surface area contributed by atoms with Gasteiger partial charge in [-0.2, -0.15) is 0 Å². The average Bonchev–Trinajstić information content (AvgIpc) is 3.26. The van der Waals surface area contributed by atoms with Crippen LogP contribution >= 0.6 is 0 Å². The third-order valence-corrected chi connectivity index (χ3v) is 17.7. The van der Waals surface area contributed by atoms with Crippen LogP contribution in [0.15, 0.2) is 182 Å². The summed E-state index contributed by atoms with van der Waals surface area (Å²) in [6.07, 6.45) is 0. The lowest BCUT2D eigenvalue weighted by atomic mass is 9.87. The summed E-state index contributed by atoms with van der Waals surface area (Å²) in [5.41, 5.74) is 9.69. The summed E-state index contributed by atoms with van der Waals surface area (Å²) < 4.78 is 0. The Balaban J connectivity index is 1.30. The number of hydrogen-bond acceptors (Lipinski definition) is 1. The van der Waals surface area contributed by atoms with Crippen molar-refractivity contribution >= 4 is 61.3 Å². The molecule has 61 heavy (non-hydrogen) atoms. The monoisotopic (exact) mass is 807 g/mol. The number of aromatic nitrogens is 1. The molecule has 302 valence electrons. The smallest absolute Gasteiger partial charge is 0.179 e. The lowest BCUT2D eigenvalue weighted by Gasteiger charge is -2.36. The molecule has 0 aliphatic rings. The molecule has 0 aliphatic heterocycles. The van der Waals surface area contributed by atoms with Gasteiger partial charge in [0.15, 0.2) is 8.07 Å². The summed E-state index contributed by atoms with van der Waals surface area (Å²) in [5.74, 6) is 0. The number of pyridine rings is 1. The minimum atomic E-state index is -2.90. The van der Waals surface area contributed by atoms with Crippen LogP contribution in [0.3, 0.4) is 0 Å². The Labute approximate surface area is 364 Å². The molecule has 0 amide bonds. The quantitative estimate of drug-likeness (QED) is 0.0926. The molecule has 0 atom stereocenters. The number of hydrogen-bond donors (Lipinski definition) is 0. The summed E-state index contributed by atoms with van der Waals surface area (Å²) in [4.78, 5) is 5.47. The number of rotatable bonds is 6. The topological polar surface area (TPSA) is 12.9 Å². The average molecular weight is 808 g/mol. The lowest BCUT2D eigenvalue weighted by Crippen LogP contribution is -2.74. The first kappa shape index (κ1) is 40.3. The Bertz CT molecular complexity index is 2890. The van der Waals surface area contributed by atoms with Gasteiger partial charge < -0.3 is 0 Å². The molecule has 1 aromatic heterocycles. The molecule has 0 N–H and O–H groups in total. The van der Waals surface area contributed by atoms with Gasteiger partial charge in [0.25, 0.3) is 0 Å². The van der Waals surface area contributed by atoms with Crippen LogP contribution in [0.1, 0.15) is 79.0 Å². The van der Waals surface area contributed by atoms with Gasteiger partial charge in [0.05, 0.1) is 11.2 Å². The second kappa shape index (κ2) is 15.1. The first-order valence-electron chi connectivity index (χ1n) is 21.9. The molecular weight excluding hydrogens is 751 g/mol. The third kappa shape index (κ3) is 7.32. The second-order valence-corrected chi connectivity index (χ2v) is 23.9. The third-order valence-electron chi connectivity index (χ3n) is 12.9. The molecule has 0 fully saturated rings. The minimum Gasteiger partial charge on any atom is -0.247 e. The van der Waals surface area contributed by atoms with Crippen LogP contribution in [0.25, 0.3) is 54.8 Å². The largest absolute Gasteiger partial charge is 0.247 e. The van der Waals surface area contributed by atoms with Gasteiger partial charge in [0.2, 0.25) is 0 Å². The van der Waals surface area contributed by atoms with Crippen molar-refractivity contribution in [2.75, 3.05) is 0 Å². The molecule has 1 nitrogen and oxygen atoms in total. The van der Waals surface area contributed by atoms with Crippen LogP contribution < -0.4 is 20.7 Å². The van der Waals surface area contributed by atoms with Gasteiger partial charge in [0, 0.05) is 21.7 Å². The Kier molecular flexibility index (Phi) is 9.99. The number of benzene rings is 8. The Hall–Kier alpha value is -6.09. The molecule has 0 unspecified atom stereocenters. The van der Waals surface area contributed by atoms with Crippen molar-refractivity contribution in [3.8, 4) is 22.4 Å². The molecular formula is C59H57NSi. The summed E-state index contributed by atoms with van der Waals surface area (Å²) in [6, 6.07) is 69.2. The van der Waals surface area contributed by atoms with E-state index in [1.54, 1.807) is 0 Å². The van der Waals surface area contributed by atoms with E-state index in [9.17, 15) is 0 Å². The van der Waals surface area contributed by atoms with E-state index in [1.165, 1.54) is 69.9 Å². The van der Waals surface area contributed by atoms with E-state index in [1.807, 2.05) is 0 Å². The van der Waals surface area contributed by atoms with Crippen molar-refractivity contribution in [3.05, 3.63) is 199 Å². The van der Waals surface area contributed by atoms with Crippen molar-refractivity contribution in [1.29, 1.82) is 0 Å². The van der Waals surface area contributed by atoms with Gasteiger partial charge in [0.1, 0.15) is 0 Å². The zero-order valence-corrected chi connectivity index (χ0v) is 38.3. The van der Waals surface area contributed by atoms with Gasteiger partial charge in [-0.1, -0.05) is 238 Å². The summed E-state index contributed by atoms with van der Waals surface area (Å²) in [7, 11) is -2.90. The molecule has 0 spiro atoms. The first-order valence-corrected chi connectivity index (χ1v) is 23.9. The Morgan fingerprint density at radius 3 is 1.36 bits per heavy atom. The predicted octanol–water partition coefficient (Wildman–Crippen LogP) is 13.1. The maximum absolute atomic E-state index is 5.47. The first-order chi connectivity index (χ1) is 29.1. The Morgan fingerprint density at radius 1 is 0.344 bits per heavy atom. The fourth-order valence-corrected chi connectivity index (χ4v) is 14.1. The summed E-state index contributed by atoms with van der Waals surface area (Å²) in [6.45, 7) is 20.7. The van der Waals surface area contributed by atoms with Crippen LogP contribution in [0, 0.1) is 0 Å².